The second kappa shape index (κ2) is 10.4. The summed E-state index contributed by atoms with van der Waals surface area (Å²) in [5.41, 5.74) is -0.256. The molecule has 10 heteroatoms. The fourth-order valence-corrected chi connectivity index (χ4v) is 3.56. The van der Waals surface area contributed by atoms with E-state index in [-0.39, 0.29) is 25.5 Å². The highest BCUT2D eigenvalue weighted by Gasteiger charge is 2.45. The molecule has 1 aliphatic rings. The van der Waals surface area contributed by atoms with Crippen LogP contribution in [0.1, 0.15) is 17.5 Å². The zero-order valence-electron chi connectivity index (χ0n) is 17.0. The number of amides is 1. The van der Waals surface area contributed by atoms with Crippen LogP contribution >= 0.6 is 15.9 Å². The van der Waals surface area contributed by atoms with Crippen LogP contribution < -0.4 is 10.1 Å². The number of aliphatic hydroxyl groups is 1. The molecule has 0 aromatic heterocycles. The quantitative estimate of drug-likeness (QED) is 0.500. The number of nitrogens with one attached hydrogen (secondary N) is 1. The highest BCUT2D eigenvalue weighted by atomic mass is 79.9. The lowest BCUT2D eigenvalue weighted by molar-refractivity contribution is -0.141. The van der Waals surface area contributed by atoms with E-state index in [0.717, 1.165) is 10.0 Å². The maximum Gasteiger partial charge on any atom is 0.405 e. The van der Waals surface area contributed by atoms with Gasteiger partial charge in [-0.1, -0.05) is 34.1 Å². The van der Waals surface area contributed by atoms with E-state index in [4.69, 9.17) is 14.6 Å². The Kier molecular flexibility index (Phi) is 7.78. The van der Waals surface area contributed by atoms with E-state index in [2.05, 4.69) is 20.9 Å². The third kappa shape index (κ3) is 6.23. The fourth-order valence-electron chi connectivity index (χ4n) is 3.13. The summed E-state index contributed by atoms with van der Waals surface area (Å²) in [5.74, 6) is -0.103. The van der Waals surface area contributed by atoms with Gasteiger partial charge in [-0.05, 0) is 35.9 Å². The summed E-state index contributed by atoms with van der Waals surface area (Å²) in [7, 11) is 0. The molecule has 6 nitrogen and oxygen atoms in total. The number of alkyl halides is 3. The summed E-state index contributed by atoms with van der Waals surface area (Å²) >= 11 is 3.41. The monoisotopic (exact) mass is 514 g/mol. The standard InChI is InChI=1S/C22H22BrF3N2O4/c23-18-5-2-1-4-16(18)12-21(20(30)27-13-22(24,25)26)14-32-19(28-21)15-6-8-17(9-7-15)31-11-3-10-29/h1-2,4-9,29H,3,10-14H2,(H,27,30)/t21-/m1/s1. The van der Waals surface area contributed by atoms with Crippen molar-refractivity contribution in [3.05, 3.63) is 64.1 Å². The van der Waals surface area contributed by atoms with Crippen molar-refractivity contribution in [3.63, 3.8) is 0 Å². The molecular formula is C22H22BrF3N2O4. The first-order valence-electron chi connectivity index (χ1n) is 9.88. The molecule has 32 heavy (non-hydrogen) atoms. The first-order valence-corrected chi connectivity index (χ1v) is 10.7. The molecule has 1 aliphatic heterocycles. The maximum absolute atomic E-state index is 12.9. The van der Waals surface area contributed by atoms with Crippen LogP contribution in [0, 0.1) is 0 Å². The molecule has 1 heterocycles. The number of rotatable bonds is 9. The predicted molar refractivity (Wildman–Crippen MR) is 116 cm³/mol. The summed E-state index contributed by atoms with van der Waals surface area (Å²) in [6.45, 7) is -1.25. The van der Waals surface area contributed by atoms with Gasteiger partial charge in [0.25, 0.3) is 5.91 Å². The van der Waals surface area contributed by atoms with Crippen LogP contribution in [0.3, 0.4) is 0 Å². The Labute approximate surface area is 191 Å². The highest BCUT2D eigenvalue weighted by molar-refractivity contribution is 9.10. The molecule has 0 saturated carbocycles. The molecule has 0 fully saturated rings. The summed E-state index contributed by atoms with van der Waals surface area (Å²) in [6, 6.07) is 13.9. The molecule has 2 aromatic carbocycles. The van der Waals surface area contributed by atoms with Gasteiger partial charge in [-0.25, -0.2) is 4.99 Å². The minimum absolute atomic E-state index is 0.0265. The molecule has 0 aliphatic carbocycles. The van der Waals surface area contributed by atoms with Gasteiger partial charge in [0.05, 0.1) is 6.61 Å². The molecule has 0 radical (unpaired) electrons. The number of carbonyl (C=O) groups excluding carboxylic acids is 1. The van der Waals surface area contributed by atoms with Gasteiger partial charge >= 0.3 is 6.18 Å². The molecule has 2 N–H and O–H groups in total. The number of halogens is 4. The molecule has 1 atom stereocenters. The van der Waals surface area contributed by atoms with Crippen molar-refractivity contribution in [2.24, 2.45) is 4.99 Å². The van der Waals surface area contributed by atoms with Crippen molar-refractivity contribution in [1.82, 2.24) is 5.32 Å². The molecule has 0 saturated heterocycles. The van der Waals surface area contributed by atoms with Gasteiger partial charge in [-0.3, -0.25) is 4.79 Å². The minimum atomic E-state index is -4.54. The molecule has 0 unspecified atom stereocenters. The summed E-state index contributed by atoms with van der Waals surface area (Å²) < 4.78 is 50.0. The van der Waals surface area contributed by atoms with Crippen LogP contribution in [0.2, 0.25) is 0 Å². The van der Waals surface area contributed by atoms with E-state index >= 15 is 0 Å². The largest absolute Gasteiger partial charge is 0.494 e. The number of nitrogens with zero attached hydrogens (tertiary/aromatic N) is 1. The van der Waals surface area contributed by atoms with Crippen LogP contribution in [-0.4, -0.2) is 55.0 Å². The average molecular weight is 515 g/mol. The van der Waals surface area contributed by atoms with Crippen molar-refractivity contribution in [3.8, 4) is 5.75 Å². The van der Waals surface area contributed by atoms with Crippen molar-refractivity contribution >= 4 is 27.7 Å². The Balaban J connectivity index is 1.85. The molecule has 0 spiro atoms. The first kappa shape index (κ1) is 24.1. The van der Waals surface area contributed by atoms with E-state index in [1.54, 1.807) is 48.5 Å². The van der Waals surface area contributed by atoms with Gasteiger partial charge < -0.3 is 19.9 Å². The van der Waals surface area contributed by atoms with E-state index in [1.165, 1.54) is 0 Å². The number of aliphatic hydroxyl groups excluding tert-OH is 1. The lowest BCUT2D eigenvalue weighted by Gasteiger charge is -2.24. The van der Waals surface area contributed by atoms with Gasteiger partial charge in [0, 0.05) is 29.5 Å². The SMILES string of the molecule is O=C(NCC(F)(F)F)[C@@]1(Cc2ccccc2Br)COC(c2ccc(OCCCO)cc2)=N1. The van der Waals surface area contributed by atoms with Crippen LogP contribution in [-0.2, 0) is 16.0 Å². The van der Waals surface area contributed by atoms with Gasteiger partial charge in [0.1, 0.15) is 18.9 Å². The molecule has 172 valence electrons. The molecule has 1 amide bonds. The second-order valence-electron chi connectivity index (χ2n) is 7.25. The average Bonchev–Trinajstić information content (AvgIpc) is 3.19. The van der Waals surface area contributed by atoms with E-state index in [1.807, 2.05) is 5.32 Å². The van der Waals surface area contributed by atoms with E-state index in [0.29, 0.717) is 24.3 Å². The number of ether oxygens (including phenoxy) is 2. The topological polar surface area (TPSA) is 80.2 Å². The van der Waals surface area contributed by atoms with Crippen molar-refractivity contribution in [2.45, 2.75) is 24.6 Å². The van der Waals surface area contributed by atoms with E-state index < -0.39 is 24.2 Å². The van der Waals surface area contributed by atoms with Gasteiger partial charge in [0.2, 0.25) is 5.90 Å². The number of aliphatic imine (C=N–C) groups is 1. The van der Waals surface area contributed by atoms with Gasteiger partial charge in [0.15, 0.2) is 5.54 Å². The highest BCUT2D eigenvalue weighted by Crippen LogP contribution is 2.30. The minimum Gasteiger partial charge on any atom is -0.494 e. The Hall–Kier alpha value is -2.59. The van der Waals surface area contributed by atoms with Crippen molar-refractivity contribution in [2.75, 3.05) is 26.4 Å². The number of carbonyl (C=O) groups is 1. The summed E-state index contributed by atoms with van der Waals surface area (Å²) in [6.07, 6.45) is -3.98. The molecule has 0 bridgehead atoms. The molecule has 2 aromatic rings. The van der Waals surface area contributed by atoms with Crippen LogP contribution in [0.4, 0.5) is 13.2 Å². The number of hydrogen-bond acceptors (Lipinski definition) is 5. The van der Waals surface area contributed by atoms with E-state index in [9.17, 15) is 18.0 Å². The lowest BCUT2D eigenvalue weighted by Crippen LogP contribution is -2.50. The van der Waals surface area contributed by atoms with Crippen LogP contribution in [0.25, 0.3) is 0 Å². The predicted octanol–water partition coefficient (Wildman–Crippen LogP) is 3.65. The number of benzene rings is 2. The van der Waals surface area contributed by atoms with Gasteiger partial charge in [-0.2, -0.15) is 13.2 Å². The second-order valence-corrected chi connectivity index (χ2v) is 8.11. The Morgan fingerprint density at radius 1 is 1.22 bits per heavy atom. The van der Waals surface area contributed by atoms with Gasteiger partial charge in [-0.15, -0.1) is 0 Å². The summed E-state index contributed by atoms with van der Waals surface area (Å²) in [4.78, 5) is 17.3. The van der Waals surface area contributed by atoms with Crippen molar-refractivity contribution in [1.29, 1.82) is 0 Å². The van der Waals surface area contributed by atoms with Crippen LogP contribution in [0.5, 0.6) is 5.75 Å². The Morgan fingerprint density at radius 3 is 2.59 bits per heavy atom. The lowest BCUT2D eigenvalue weighted by atomic mass is 9.91. The first-order chi connectivity index (χ1) is 15.2. The Morgan fingerprint density at radius 2 is 1.94 bits per heavy atom. The normalized spacial score (nSPS) is 18.1. The van der Waals surface area contributed by atoms with Crippen molar-refractivity contribution < 1.29 is 32.5 Å². The number of hydrogen-bond donors (Lipinski definition) is 2. The molecular weight excluding hydrogens is 493 g/mol. The zero-order chi connectivity index (χ0) is 23.2. The molecule has 3 rings (SSSR count). The third-order valence-corrected chi connectivity index (χ3v) is 5.52. The fraction of sp³-hybridized carbons (Fsp3) is 0.364. The third-order valence-electron chi connectivity index (χ3n) is 4.75. The Bertz CT molecular complexity index is 966. The van der Waals surface area contributed by atoms with Crippen LogP contribution in [0.15, 0.2) is 58.0 Å². The zero-order valence-corrected chi connectivity index (χ0v) is 18.6. The smallest absolute Gasteiger partial charge is 0.405 e. The summed E-state index contributed by atoms with van der Waals surface area (Å²) in [5, 5.41) is 10.8. The maximum atomic E-state index is 12.9.